The van der Waals surface area contributed by atoms with Gasteiger partial charge in [0, 0.05) is 11.6 Å². The summed E-state index contributed by atoms with van der Waals surface area (Å²) in [4.78, 5) is 4.65. The number of rotatable bonds is 4. The summed E-state index contributed by atoms with van der Waals surface area (Å²) in [6.07, 6.45) is 11.3. The lowest BCUT2D eigenvalue weighted by Gasteiger charge is -2.22. The van der Waals surface area contributed by atoms with Crippen molar-refractivity contribution in [1.82, 2.24) is 5.32 Å². The van der Waals surface area contributed by atoms with Crippen LogP contribution in [0.3, 0.4) is 0 Å². The second kappa shape index (κ2) is 6.31. The van der Waals surface area contributed by atoms with Crippen LogP contribution in [-0.2, 0) is 0 Å². The van der Waals surface area contributed by atoms with Crippen molar-refractivity contribution in [2.45, 2.75) is 19.5 Å². The maximum atomic E-state index is 8.97. The lowest BCUT2D eigenvalue weighted by atomic mass is 9.85. The van der Waals surface area contributed by atoms with E-state index in [1.807, 2.05) is 31.5 Å². The van der Waals surface area contributed by atoms with E-state index >= 15 is 0 Å². The average Bonchev–Trinajstić information content (AvgIpc) is 2.49. The molecule has 0 fully saturated rings. The van der Waals surface area contributed by atoms with Crippen molar-refractivity contribution in [3.8, 4) is 6.07 Å². The molecule has 1 aromatic rings. The number of hydrogen-bond donors (Lipinski definition) is 1. The summed E-state index contributed by atoms with van der Waals surface area (Å²) in [6.45, 7) is 2.16. The number of hydrogen-bond acceptors (Lipinski definition) is 3. The lowest BCUT2D eigenvalue weighted by Crippen LogP contribution is -2.20. The minimum Gasteiger partial charge on any atom is -0.295 e. The number of aliphatic imine (C=N–C) groups is 1. The third-order valence-corrected chi connectivity index (χ3v) is 3.41. The molecule has 1 aromatic carbocycles. The molecule has 2 atom stereocenters. The van der Waals surface area contributed by atoms with Gasteiger partial charge in [-0.15, -0.1) is 0 Å². The third-order valence-electron chi connectivity index (χ3n) is 3.41. The molecular weight excluding hydrogens is 246 g/mol. The van der Waals surface area contributed by atoms with E-state index in [4.69, 9.17) is 5.26 Å². The standard InChI is InChI=1S/C17H19N3/c1-17(9-4-3-5-10-17)13-20-16(19-2)15-8-6-7-14(11-15)12-18/h3-9,11,13,16,19H,10H2,1-2H3. The Hall–Kier alpha value is -2.18. The topological polar surface area (TPSA) is 48.2 Å². The van der Waals surface area contributed by atoms with Gasteiger partial charge in [0.2, 0.25) is 0 Å². The molecule has 1 aliphatic carbocycles. The maximum Gasteiger partial charge on any atom is 0.124 e. The van der Waals surface area contributed by atoms with Gasteiger partial charge in [0.05, 0.1) is 11.6 Å². The highest BCUT2D eigenvalue weighted by Gasteiger charge is 2.19. The normalized spacial score (nSPS) is 22.9. The summed E-state index contributed by atoms with van der Waals surface area (Å²) < 4.78 is 0. The molecule has 1 aliphatic rings. The zero-order chi connectivity index (χ0) is 14.4. The van der Waals surface area contributed by atoms with Crippen molar-refractivity contribution >= 4 is 6.21 Å². The quantitative estimate of drug-likeness (QED) is 0.848. The van der Waals surface area contributed by atoms with Gasteiger partial charge in [-0.2, -0.15) is 5.26 Å². The Balaban J connectivity index is 2.18. The fourth-order valence-electron chi connectivity index (χ4n) is 2.19. The van der Waals surface area contributed by atoms with Crippen LogP contribution < -0.4 is 5.32 Å². The number of benzene rings is 1. The molecule has 3 heteroatoms. The summed E-state index contributed by atoms with van der Waals surface area (Å²) in [7, 11) is 1.88. The first-order valence-electron chi connectivity index (χ1n) is 6.73. The molecule has 102 valence electrons. The second-order valence-electron chi connectivity index (χ2n) is 5.20. The fraction of sp³-hybridized carbons (Fsp3) is 0.294. The van der Waals surface area contributed by atoms with E-state index in [2.05, 4.69) is 47.6 Å². The van der Waals surface area contributed by atoms with Crippen LogP contribution in [0.1, 0.15) is 30.6 Å². The molecule has 1 N–H and O–H groups in total. The van der Waals surface area contributed by atoms with Crippen molar-refractivity contribution < 1.29 is 0 Å². The van der Waals surface area contributed by atoms with Crippen LogP contribution in [0.5, 0.6) is 0 Å². The van der Waals surface area contributed by atoms with Crippen molar-refractivity contribution in [1.29, 1.82) is 5.26 Å². The first kappa shape index (κ1) is 14.2. The molecule has 0 aromatic heterocycles. The predicted molar refractivity (Wildman–Crippen MR) is 82.5 cm³/mol. The Labute approximate surface area is 120 Å². The van der Waals surface area contributed by atoms with Crippen LogP contribution in [0.25, 0.3) is 0 Å². The van der Waals surface area contributed by atoms with Crippen molar-refractivity contribution in [2.75, 3.05) is 7.05 Å². The van der Waals surface area contributed by atoms with E-state index in [0.29, 0.717) is 5.56 Å². The van der Waals surface area contributed by atoms with Crippen LogP contribution in [0, 0.1) is 16.7 Å². The Morgan fingerprint density at radius 2 is 2.30 bits per heavy atom. The zero-order valence-corrected chi connectivity index (χ0v) is 11.9. The van der Waals surface area contributed by atoms with Crippen molar-refractivity contribution in [3.63, 3.8) is 0 Å². The summed E-state index contributed by atoms with van der Waals surface area (Å²) in [5, 5.41) is 12.1. The van der Waals surface area contributed by atoms with Crippen LogP contribution in [0.15, 0.2) is 53.6 Å². The fourth-order valence-corrected chi connectivity index (χ4v) is 2.19. The highest BCUT2D eigenvalue weighted by molar-refractivity contribution is 5.69. The van der Waals surface area contributed by atoms with Crippen molar-refractivity contribution in [2.24, 2.45) is 10.4 Å². The van der Waals surface area contributed by atoms with E-state index in [-0.39, 0.29) is 11.6 Å². The van der Waals surface area contributed by atoms with Crippen LogP contribution >= 0.6 is 0 Å². The molecule has 3 nitrogen and oxygen atoms in total. The summed E-state index contributed by atoms with van der Waals surface area (Å²) in [5.41, 5.74) is 1.63. The van der Waals surface area contributed by atoms with Gasteiger partial charge in [-0.25, -0.2) is 0 Å². The van der Waals surface area contributed by atoms with E-state index in [0.717, 1.165) is 12.0 Å². The van der Waals surface area contributed by atoms with Gasteiger partial charge in [-0.1, -0.05) is 43.4 Å². The molecule has 0 heterocycles. The molecular formula is C17H19N3. The molecule has 0 bridgehead atoms. The Bertz CT molecular complexity index is 592. The number of nitrogens with zero attached hydrogens (tertiary/aromatic N) is 2. The molecule has 0 saturated heterocycles. The van der Waals surface area contributed by atoms with Gasteiger partial charge < -0.3 is 0 Å². The number of nitrogens with one attached hydrogen (secondary N) is 1. The minimum absolute atomic E-state index is 0.0311. The Morgan fingerprint density at radius 3 is 2.95 bits per heavy atom. The summed E-state index contributed by atoms with van der Waals surface area (Å²) in [6, 6.07) is 9.71. The third kappa shape index (κ3) is 3.43. The van der Waals surface area contributed by atoms with Crippen molar-refractivity contribution in [3.05, 3.63) is 59.7 Å². The molecule has 2 unspecified atom stereocenters. The largest absolute Gasteiger partial charge is 0.295 e. The molecule has 0 radical (unpaired) electrons. The highest BCUT2D eigenvalue weighted by atomic mass is 15.0. The van der Waals surface area contributed by atoms with E-state index in [1.54, 1.807) is 6.07 Å². The molecule has 0 amide bonds. The Morgan fingerprint density at radius 1 is 1.45 bits per heavy atom. The number of nitriles is 1. The van der Waals surface area contributed by atoms with Gasteiger partial charge in [-0.3, -0.25) is 10.3 Å². The van der Waals surface area contributed by atoms with E-state index < -0.39 is 0 Å². The zero-order valence-electron chi connectivity index (χ0n) is 11.9. The second-order valence-corrected chi connectivity index (χ2v) is 5.20. The van der Waals surface area contributed by atoms with Gasteiger partial charge in [0.25, 0.3) is 0 Å². The number of allylic oxidation sites excluding steroid dienone is 4. The van der Waals surface area contributed by atoms with Gasteiger partial charge in [0.1, 0.15) is 6.17 Å². The Kier molecular flexibility index (Phi) is 4.49. The van der Waals surface area contributed by atoms with Gasteiger partial charge in [0.15, 0.2) is 0 Å². The van der Waals surface area contributed by atoms with Crippen LogP contribution in [-0.4, -0.2) is 13.3 Å². The molecule has 2 rings (SSSR count). The predicted octanol–water partition coefficient (Wildman–Crippen LogP) is 3.37. The SMILES string of the molecule is CNC(N=CC1(C)C=CC=CC1)c1cccc(C#N)c1. The van der Waals surface area contributed by atoms with E-state index in [9.17, 15) is 0 Å². The maximum absolute atomic E-state index is 8.97. The van der Waals surface area contributed by atoms with Gasteiger partial charge in [-0.05, 0) is 31.2 Å². The molecule has 0 spiro atoms. The smallest absolute Gasteiger partial charge is 0.124 e. The highest BCUT2D eigenvalue weighted by Crippen LogP contribution is 2.26. The van der Waals surface area contributed by atoms with Gasteiger partial charge >= 0.3 is 0 Å². The lowest BCUT2D eigenvalue weighted by molar-refractivity contribution is 0.583. The summed E-state index contributed by atoms with van der Waals surface area (Å²) in [5.74, 6) is 0. The average molecular weight is 265 g/mol. The van der Waals surface area contributed by atoms with Crippen LogP contribution in [0.4, 0.5) is 0 Å². The molecule has 0 saturated carbocycles. The first-order chi connectivity index (χ1) is 9.67. The molecule has 20 heavy (non-hydrogen) atoms. The monoisotopic (exact) mass is 265 g/mol. The van der Waals surface area contributed by atoms with Crippen LogP contribution in [0.2, 0.25) is 0 Å². The molecule has 0 aliphatic heterocycles. The summed E-state index contributed by atoms with van der Waals surface area (Å²) >= 11 is 0. The van der Waals surface area contributed by atoms with E-state index in [1.165, 1.54) is 0 Å². The minimum atomic E-state index is -0.126. The first-order valence-corrected chi connectivity index (χ1v) is 6.73.